The average Bonchev–Trinajstić information content (AvgIpc) is 2.80. The van der Waals surface area contributed by atoms with E-state index in [2.05, 4.69) is 54.5 Å². The molecule has 0 spiro atoms. The number of likely N-dealkylation sites (N-methyl/N-ethyl adjacent to an activating group) is 2. The molecule has 1 fully saturated rings. The Hall–Kier alpha value is -1.06. The lowest BCUT2D eigenvalue weighted by Gasteiger charge is -2.49. The molecule has 3 nitrogen and oxygen atoms in total. The number of benzene rings is 1. The van der Waals surface area contributed by atoms with Crippen molar-refractivity contribution in [3.05, 3.63) is 29.3 Å². The van der Waals surface area contributed by atoms with Gasteiger partial charge in [0.1, 0.15) is 0 Å². The molecule has 0 radical (unpaired) electrons. The van der Waals surface area contributed by atoms with Gasteiger partial charge in [-0.25, -0.2) is 0 Å². The molecule has 0 aromatic heterocycles. The minimum Gasteiger partial charge on any atom is -0.384 e. The van der Waals surface area contributed by atoms with Gasteiger partial charge in [-0.15, -0.1) is 0 Å². The minimum atomic E-state index is 0.424. The van der Waals surface area contributed by atoms with Gasteiger partial charge < -0.3 is 15.1 Å². The van der Waals surface area contributed by atoms with Gasteiger partial charge in [-0.05, 0) is 64.0 Å². The molecule has 3 rings (SSSR count). The van der Waals surface area contributed by atoms with Crippen molar-refractivity contribution in [2.24, 2.45) is 0 Å². The quantitative estimate of drug-likeness (QED) is 0.889. The summed E-state index contributed by atoms with van der Waals surface area (Å²) >= 11 is 0. The van der Waals surface area contributed by atoms with E-state index in [4.69, 9.17) is 0 Å². The Labute approximate surface area is 123 Å². The smallest absolute Gasteiger partial charge is 0.0373 e. The van der Waals surface area contributed by atoms with Crippen molar-refractivity contribution >= 4 is 5.69 Å². The van der Waals surface area contributed by atoms with Crippen LogP contribution in [0.4, 0.5) is 5.69 Å². The third-order valence-electron chi connectivity index (χ3n) is 5.13. The molecule has 3 heteroatoms. The lowest BCUT2D eigenvalue weighted by Crippen LogP contribution is -2.56. The average molecular weight is 273 g/mol. The van der Waals surface area contributed by atoms with Crippen molar-refractivity contribution in [3.8, 4) is 0 Å². The van der Waals surface area contributed by atoms with Gasteiger partial charge in [0.15, 0.2) is 0 Å². The topological polar surface area (TPSA) is 18.5 Å². The SMILES string of the molecule is CN(Cc1ccc2c(c1)CCN2)CC1(N(C)C)CCC1. The summed E-state index contributed by atoms with van der Waals surface area (Å²) in [6, 6.07) is 6.91. The maximum Gasteiger partial charge on any atom is 0.0373 e. The fourth-order valence-electron chi connectivity index (χ4n) is 3.66. The van der Waals surface area contributed by atoms with Crippen LogP contribution in [0.1, 0.15) is 30.4 Å². The molecule has 0 atom stereocenters. The van der Waals surface area contributed by atoms with Crippen LogP contribution in [0.15, 0.2) is 18.2 Å². The molecule has 110 valence electrons. The first-order chi connectivity index (χ1) is 9.59. The highest BCUT2D eigenvalue weighted by atomic mass is 15.2. The van der Waals surface area contributed by atoms with E-state index in [1.165, 1.54) is 49.0 Å². The van der Waals surface area contributed by atoms with Gasteiger partial charge in [0, 0.05) is 30.9 Å². The highest BCUT2D eigenvalue weighted by molar-refractivity contribution is 5.56. The summed E-state index contributed by atoms with van der Waals surface area (Å²) in [5, 5.41) is 3.43. The summed E-state index contributed by atoms with van der Waals surface area (Å²) < 4.78 is 0. The largest absolute Gasteiger partial charge is 0.384 e. The summed E-state index contributed by atoms with van der Waals surface area (Å²) in [5.41, 5.74) is 4.69. The standard InChI is InChI=1S/C17H27N3/c1-19(2)17(8-4-9-17)13-20(3)12-14-5-6-16-15(11-14)7-10-18-16/h5-6,11,18H,4,7-10,12-13H2,1-3H3. The Morgan fingerprint density at radius 3 is 2.65 bits per heavy atom. The summed E-state index contributed by atoms with van der Waals surface area (Å²) in [6.45, 7) is 3.33. The van der Waals surface area contributed by atoms with Gasteiger partial charge >= 0.3 is 0 Å². The van der Waals surface area contributed by atoms with E-state index in [-0.39, 0.29) is 0 Å². The first-order valence-electron chi connectivity index (χ1n) is 7.81. The molecule has 1 N–H and O–H groups in total. The predicted octanol–water partition coefficient (Wildman–Crippen LogP) is 2.57. The van der Waals surface area contributed by atoms with Crippen molar-refractivity contribution in [1.29, 1.82) is 0 Å². The van der Waals surface area contributed by atoms with Gasteiger partial charge in [-0.3, -0.25) is 0 Å². The summed E-state index contributed by atoms with van der Waals surface area (Å²) in [7, 11) is 6.72. The highest BCUT2D eigenvalue weighted by Crippen LogP contribution is 2.36. The van der Waals surface area contributed by atoms with E-state index >= 15 is 0 Å². The molecule has 1 saturated carbocycles. The number of fused-ring (bicyclic) bond motifs is 1. The van der Waals surface area contributed by atoms with Crippen LogP contribution in [-0.2, 0) is 13.0 Å². The monoisotopic (exact) mass is 273 g/mol. The van der Waals surface area contributed by atoms with Crippen LogP contribution in [0.5, 0.6) is 0 Å². The van der Waals surface area contributed by atoms with Crippen LogP contribution in [0.2, 0.25) is 0 Å². The molecular formula is C17H27N3. The predicted molar refractivity (Wildman–Crippen MR) is 85.2 cm³/mol. The van der Waals surface area contributed by atoms with Crippen LogP contribution >= 0.6 is 0 Å². The van der Waals surface area contributed by atoms with Gasteiger partial charge in [0.2, 0.25) is 0 Å². The zero-order valence-electron chi connectivity index (χ0n) is 13.1. The number of rotatable bonds is 5. The number of anilines is 1. The highest BCUT2D eigenvalue weighted by Gasteiger charge is 2.39. The van der Waals surface area contributed by atoms with Gasteiger partial charge in [0.25, 0.3) is 0 Å². The zero-order chi connectivity index (χ0) is 14.2. The van der Waals surface area contributed by atoms with E-state index in [0.717, 1.165) is 13.1 Å². The lowest BCUT2D eigenvalue weighted by molar-refractivity contribution is 0.0259. The zero-order valence-corrected chi connectivity index (χ0v) is 13.1. The molecule has 0 amide bonds. The van der Waals surface area contributed by atoms with E-state index < -0.39 is 0 Å². The second-order valence-electron chi connectivity index (χ2n) is 6.81. The lowest BCUT2D eigenvalue weighted by atomic mass is 9.75. The van der Waals surface area contributed by atoms with E-state index in [9.17, 15) is 0 Å². The number of hydrogen-bond donors (Lipinski definition) is 1. The van der Waals surface area contributed by atoms with Crippen molar-refractivity contribution in [3.63, 3.8) is 0 Å². The van der Waals surface area contributed by atoms with Crippen LogP contribution in [0, 0.1) is 0 Å². The van der Waals surface area contributed by atoms with E-state index in [1.807, 2.05) is 0 Å². The second-order valence-corrected chi connectivity index (χ2v) is 6.81. The van der Waals surface area contributed by atoms with Gasteiger partial charge in [-0.2, -0.15) is 0 Å². The molecule has 0 bridgehead atoms. The van der Waals surface area contributed by atoms with Crippen molar-refractivity contribution in [2.45, 2.75) is 37.8 Å². The molecule has 1 heterocycles. The first-order valence-corrected chi connectivity index (χ1v) is 7.81. The van der Waals surface area contributed by atoms with Crippen LogP contribution in [0.3, 0.4) is 0 Å². The summed E-state index contributed by atoms with van der Waals surface area (Å²) in [4.78, 5) is 4.92. The Morgan fingerprint density at radius 2 is 2.00 bits per heavy atom. The molecule has 0 saturated heterocycles. The second kappa shape index (κ2) is 5.38. The maximum absolute atomic E-state index is 3.43. The van der Waals surface area contributed by atoms with Gasteiger partial charge in [-0.1, -0.05) is 12.1 Å². The fourth-order valence-corrected chi connectivity index (χ4v) is 3.66. The third-order valence-corrected chi connectivity index (χ3v) is 5.13. The fraction of sp³-hybridized carbons (Fsp3) is 0.647. The number of nitrogens with zero attached hydrogens (tertiary/aromatic N) is 2. The van der Waals surface area contributed by atoms with Crippen molar-refractivity contribution in [2.75, 3.05) is 39.5 Å². The van der Waals surface area contributed by atoms with Crippen LogP contribution in [-0.4, -0.2) is 49.6 Å². The normalized spacial score (nSPS) is 19.9. The molecule has 20 heavy (non-hydrogen) atoms. The number of hydrogen-bond acceptors (Lipinski definition) is 3. The summed E-state index contributed by atoms with van der Waals surface area (Å²) in [5.74, 6) is 0. The molecule has 1 aromatic rings. The Kier molecular flexibility index (Phi) is 3.74. The van der Waals surface area contributed by atoms with Crippen molar-refractivity contribution < 1.29 is 0 Å². The van der Waals surface area contributed by atoms with E-state index in [0.29, 0.717) is 5.54 Å². The molecule has 0 unspecified atom stereocenters. The van der Waals surface area contributed by atoms with Crippen molar-refractivity contribution in [1.82, 2.24) is 9.80 Å². The summed E-state index contributed by atoms with van der Waals surface area (Å²) in [6.07, 6.45) is 5.25. The molecule has 1 aliphatic heterocycles. The van der Waals surface area contributed by atoms with Gasteiger partial charge in [0.05, 0.1) is 0 Å². The van der Waals surface area contributed by atoms with E-state index in [1.54, 1.807) is 0 Å². The van der Waals surface area contributed by atoms with Crippen LogP contribution in [0.25, 0.3) is 0 Å². The number of nitrogens with one attached hydrogen (secondary N) is 1. The molecule has 2 aliphatic rings. The Morgan fingerprint density at radius 1 is 1.20 bits per heavy atom. The molecule has 1 aliphatic carbocycles. The third kappa shape index (κ3) is 2.57. The Bertz CT molecular complexity index is 477. The molecule has 1 aromatic carbocycles. The maximum atomic E-state index is 3.43. The minimum absolute atomic E-state index is 0.424. The molecular weight excluding hydrogens is 246 g/mol. The Balaban J connectivity index is 1.63. The van der Waals surface area contributed by atoms with Crippen LogP contribution < -0.4 is 5.32 Å². The first kappa shape index (κ1) is 13.9.